The van der Waals surface area contributed by atoms with E-state index >= 15 is 0 Å². The monoisotopic (exact) mass is 679 g/mol. The van der Waals surface area contributed by atoms with Crippen LogP contribution in [0.15, 0.2) is 176 Å². The van der Waals surface area contributed by atoms with E-state index in [9.17, 15) is 0 Å². The van der Waals surface area contributed by atoms with Gasteiger partial charge in [0.1, 0.15) is 0 Å². The van der Waals surface area contributed by atoms with Crippen molar-refractivity contribution in [2.24, 2.45) is 0 Å². The number of benzene rings is 8. The second kappa shape index (κ2) is 11.5. The Kier molecular flexibility index (Phi) is 6.42. The van der Waals surface area contributed by atoms with Crippen molar-refractivity contribution in [3.63, 3.8) is 0 Å². The van der Waals surface area contributed by atoms with Crippen LogP contribution in [0.3, 0.4) is 0 Å². The van der Waals surface area contributed by atoms with Crippen LogP contribution in [-0.4, -0.2) is 14.5 Å². The van der Waals surface area contributed by atoms with Gasteiger partial charge in [0, 0.05) is 48.6 Å². The quantitative estimate of drug-likeness (QED) is 0.185. The van der Waals surface area contributed by atoms with E-state index in [1.807, 2.05) is 35.6 Å². The summed E-state index contributed by atoms with van der Waals surface area (Å²) in [6.45, 7) is 0. The molecule has 8 aromatic carbocycles. The van der Waals surface area contributed by atoms with Gasteiger partial charge in [0.15, 0.2) is 5.82 Å². The van der Waals surface area contributed by atoms with Gasteiger partial charge in [0.2, 0.25) is 0 Å². The number of rotatable bonds is 4. The highest BCUT2D eigenvalue weighted by Gasteiger charge is 2.22. The summed E-state index contributed by atoms with van der Waals surface area (Å²) >= 11 is 1.91. The fourth-order valence-electron chi connectivity index (χ4n) is 8.06. The van der Waals surface area contributed by atoms with Crippen LogP contribution in [0.5, 0.6) is 0 Å². The van der Waals surface area contributed by atoms with Crippen LogP contribution >= 0.6 is 11.3 Å². The normalized spacial score (nSPS) is 11.8. The van der Waals surface area contributed by atoms with Gasteiger partial charge < -0.3 is 4.57 Å². The lowest BCUT2D eigenvalue weighted by Crippen LogP contribution is -1.97. The van der Waals surface area contributed by atoms with Crippen molar-refractivity contribution in [3.8, 4) is 39.6 Å². The second-order valence-corrected chi connectivity index (χ2v) is 14.4. The first kappa shape index (κ1) is 29.1. The Morgan fingerprint density at radius 2 is 1.00 bits per heavy atom. The van der Waals surface area contributed by atoms with Gasteiger partial charge in [-0.25, -0.2) is 9.97 Å². The average Bonchev–Trinajstić information content (AvgIpc) is 3.79. The highest BCUT2D eigenvalue weighted by molar-refractivity contribution is 7.27. The molecule has 0 unspecified atom stereocenters. The molecule has 0 atom stereocenters. The SMILES string of the molecule is c1ccc(-c2cc(-c3ccc(-n4c5ccccc5c5c6ccccc6c6c(sc7ccc8ccccc8c76)c54)cc3)nc(-c3ccccc3)n2)cc1. The van der Waals surface area contributed by atoms with Crippen LogP contribution in [0.25, 0.3) is 103 Å². The van der Waals surface area contributed by atoms with Gasteiger partial charge in [-0.05, 0) is 51.9 Å². The molecule has 0 amide bonds. The van der Waals surface area contributed by atoms with E-state index in [0.717, 1.165) is 39.6 Å². The lowest BCUT2D eigenvalue weighted by atomic mass is 9.96. The minimum Gasteiger partial charge on any atom is -0.308 e. The maximum atomic E-state index is 5.10. The molecule has 0 bridgehead atoms. The maximum Gasteiger partial charge on any atom is 0.160 e. The Morgan fingerprint density at radius 1 is 0.423 bits per heavy atom. The molecular formula is C48H29N3S. The maximum absolute atomic E-state index is 5.10. The summed E-state index contributed by atoms with van der Waals surface area (Å²) in [6, 6.07) is 62.8. The Labute approximate surface area is 303 Å². The van der Waals surface area contributed by atoms with Gasteiger partial charge in [0.25, 0.3) is 0 Å². The average molecular weight is 680 g/mol. The van der Waals surface area contributed by atoms with E-state index in [-0.39, 0.29) is 0 Å². The molecule has 3 nitrogen and oxygen atoms in total. The minimum atomic E-state index is 0.718. The molecule has 0 aliphatic heterocycles. The van der Waals surface area contributed by atoms with E-state index in [2.05, 4.69) is 156 Å². The predicted octanol–water partition coefficient (Wildman–Crippen LogP) is 13.2. The second-order valence-electron chi connectivity index (χ2n) is 13.3. The third-order valence-electron chi connectivity index (χ3n) is 10.4. The first-order valence-electron chi connectivity index (χ1n) is 17.6. The fourth-order valence-corrected chi connectivity index (χ4v) is 9.33. The zero-order valence-corrected chi connectivity index (χ0v) is 28.8. The largest absolute Gasteiger partial charge is 0.308 e. The van der Waals surface area contributed by atoms with Gasteiger partial charge in [-0.3, -0.25) is 0 Å². The van der Waals surface area contributed by atoms with Crippen LogP contribution in [0.4, 0.5) is 0 Å². The molecule has 0 aliphatic rings. The summed E-state index contributed by atoms with van der Waals surface area (Å²) in [5.41, 5.74) is 8.49. The molecule has 0 saturated heterocycles. The van der Waals surface area contributed by atoms with E-state index in [1.54, 1.807) is 0 Å². The van der Waals surface area contributed by atoms with Crippen LogP contribution in [-0.2, 0) is 0 Å². The van der Waals surface area contributed by atoms with Crippen molar-refractivity contribution in [1.82, 2.24) is 14.5 Å². The van der Waals surface area contributed by atoms with E-state index < -0.39 is 0 Å². The first-order valence-corrected chi connectivity index (χ1v) is 18.4. The van der Waals surface area contributed by atoms with E-state index in [0.29, 0.717) is 0 Å². The summed E-state index contributed by atoms with van der Waals surface area (Å²) in [6.07, 6.45) is 0. The van der Waals surface area contributed by atoms with Crippen LogP contribution in [0.1, 0.15) is 0 Å². The number of aromatic nitrogens is 3. The predicted molar refractivity (Wildman–Crippen MR) is 221 cm³/mol. The lowest BCUT2D eigenvalue weighted by molar-refractivity contribution is 1.17. The number of thiophene rings is 1. The van der Waals surface area contributed by atoms with Crippen molar-refractivity contribution >= 4 is 74.9 Å². The summed E-state index contributed by atoms with van der Waals surface area (Å²) in [5, 5.41) is 10.4. The molecule has 0 aliphatic carbocycles. The van der Waals surface area contributed by atoms with E-state index in [1.165, 1.54) is 63.5 Å². The summed E-state index contributed by atoms with van der Waals surface area (Å²) in [5.74, 6) is 0.718. The number of nitrogens with zero attached hydrogens (tertiary/aromatic N) is 3. The van der Waals surface area contributed by atoms with Crippen LogP contribution in [0, 0.1) is 0 Å². The molecule has 0 N–H and O–H groups in total. The molecule has 11 aromatic rings. The van der Waals surface area contributed by atoms with Crippen LogP contribution < -0.4 is 0 Å². The Balaban J connectivity index is 1.17. The topological polar surface area (TPSA) is 30.7 Å². The molecule has 11 rings (SSSR count). The first-order chi connectivity index (χ1) is 25.8. The molecule has 242 valence electrons. The van der Waals surface area contributed by atoms with Gasteiger partial charge in [-0.2, -0.15) is 0 Å². The number of fused-ring (bicyclic) bond motifs is 12. The Hall–Kier alpha value is -6.62. The fraction of sp³-hybridized carbons (Fsp3) is 0. The van der Waals surface area contributed by atoms with Crippen molar-refractivity contribution in [3.05, 3.63) is 176 Å². The number of hydrogen-bond donors (Lipinski definition) is 0. The van der Waals surface area contributed by atoms with Gasteiger partial charge >= 0.3 is 0 Å². The summed E-state index contributed by atoms with van der Waals surface area (Å²) in [7, 11) is 0. The third-order valence-corrected chi connectivity index (χ3v) is 11.5. The molecule has 4 heteroatoms. The zero-order chi connectivity index (χ0) is 34.2. The Bertz CT molecular complexity index is 3100. The van der Waals surface area contributed by atoms with Crippen molar-refractivity contribution in [2.45, 2.75) is 0 Å². The van der Waals surface area contributed by atoms with Gasteiger partial charge in [-0.15, -0.1) is 11.3 Å². The molecule has 3 heterocycles. The van der Waals surface area contributed by atoms with Gasteiger partial charge in [-0.1, -0.05) is 146 Å². The lowest BCUT2D eigenvalue weighted by Gasteiger charge is -2.12. The van der Waals surface area contributed by atoms with Gasteiger partial charge in [0.05, 0.1) is 27.1 Å². The molecule has 52 heavy (non-hydrogen) atoms. The smallest absolute Gasteiger partial charge is 0.160 e. The molecule has 0 fully saturated rings. The van der Waals surface area contributed by atoms with Crippen molar-refractivity contribution in [2.75, 3.05) is 0 Å². The standard InChI is InChI=1S/C48H29N3S/c1-3-14-31(15-4-1)39-29-40(50-48(49-39)33-16-5-2-6-17-33)32-23-26-34(27-24-32)51-41-22-12-11-21-38(41)43-36-19-9-10-20-37(36)45-44-35-18-8-7-13-30(35)25-28-42(44)52-47(45)46(43)51/h1-29H. The van der Waals surface area contributed by atoms with Crippen molar-refractivity contribution in [1.29, 1.82) is 0 Å². The molecular weight excluding hydrogens is 651 g/mol. The third kappa shape index (κ3) is 4.38. The molecule has 3 aromatic heterocycles. The molecule has 0 saturated carbocycles. The number of para-hydroxylation sites is 1. The summed E-state index contributed by atoms with van der Waals surface area (Å²) in [4.78, 5) is 10.1. The minimum absolute atomic E-state index is 0.718. The Morgan fingerprint density at radius 3 is 1.73 bits per heavy atom. The van der Waals surface area contributed by atoms with Crippen molar-refractivity contribution < 1.29 is 0 Å². The summed E-state index contributed by atoms with van der Waals surface area (Å²) < 4.78 is 5.10. The van der Waals surface area contributed by atoms with Crippen LogP contribution in [0.2, 0.25) is 0 Å². The zero-order valence-electron chi connectivity index (χ0n) is 28.0. The number of hydrogen-bond acceptors (Lipinski definition) is 3. The molecule has 0 spiro atoms. The highest BCUT2D eigenvalue weighted by Crippen LogP contribution is 2.49. The highest BCUT2D eigenvalue weighted by atomic mass is 32.1. The molecule has 0 radical (unpaired) electrons. The van der Waals surface area contributed by atoms with E-state index in [4.69, 9.17) is 9.97 Å².